The zero-order valence-electron chi connectivity index (χ0n) is 26.9. The summed E-state index contributed by atoms with van der Waals surface area (Å²) in [4.78, 5) is 42.1. The molecular formula is C36H41NO9. The monoisotopic (exact) mass is 631 g/mol. The molecule has 3 aliphatic rings. The van der Waals surface area contributed by atoms with Crippen LogP contribution in [0, 0.1) is 22.7 Å². The summed E-state index contributed by atoms with van der Waals surface area (Å²) in [6, 6.07) is 15.0. The van der Waals surface area contributed by atoms with Crippen LogP contribution in [0.2, 0.25) is 0 Å². The lowest BCUT2D eigenvalue weighted by Gasteiger charge is -2.66. The van der Waals surface area contributed by atoms with Crippen molar-refractivity contribution in [2.45, 2.75) is 84.4 Å². The molecule has 0 spiro atoms. The van der Waals surface area contributed by atoms with Gasteiger partial charge in [-0.15, -0.1) is 0 Å². The van der Waals surface area contributed by atoms with E-state index in [1.165, 1.54) is 13.8 Å². The number of carbonyl (C=O) groups excluding carboxylic acids is 2. The molecule has 8 atom stereocenters. The lowest BCUT2D eigenvalue weighted by Crippen LogP contribution is -2.71. The fraction of sp³-hybridized carbons (Fsp3) is 0.500. The number of pyridine rings is 1. The minimum Gasteiger partial charge on any atom is -0.484 e. The number of esters is 2. The summed E-state index contributed by atoms with van der Waals surface area (Å²) in [6.07, 6.45) is 2.36. The zero-order valence-corrected chi connectivity index (χ0v) is 26.9. The van der Waals surface area contributed by atoms with E-state index in [4.69, 9.17) is 23.4 Å². The third-order valence-electron chi connectivity index (χ3n) is 10.7. The summed E-state index contributed by atoms with van der Waals surface area (Å²) in [6.45, 7) is 9.03. The van der Waals surface area contributed by atoms with Crippen molar-refractivity contribution < 1.29 is 38.1 Å². The molecule has 2 aliphatic carbocycles. The second kappa shape index (κ2) is 12.0. The SMILES string of the molecule is CC(=O)OCC1(C)C2C[C@H](OCc3ccccc3)[C@@]3(C)Oc4cc(-c5cccnc5)oc(=O)c4[C@H](O)C3[C@@]2(C)CC[C@@H]1OC(C)=O. The van der Waals surface area contributed by atoms with Crippen molar-refractivity contribution in [3.8, 4) is 17.1 Å². The van der Waals surface area contributed by atoms with Gasteiger partial charge in [0.05, 0.1) is 18.8 Å². The van der Waals surface area contributed by atoms with E-state index in [1.54, 1.807) is 30.6 Å². The van der Waals surface area contributed by atoms with Crippen LogP contribution >= 0.6 is 0 Å². The predicted molar refractivity (Wildman–Crippen MR) is 166 cm³/mol. The van der Waals surface area contributed by atoms with Gasteiger partial charge >= 0.3 is 17.6 Å². The fourth-order valence-electron chi connectivity index (χ4n) is 8.68. The maximum absolute atomic E-state index is 13.6. The Bertz CT molecular complexity index is 1660. The van der Waals surface area contributed by atoms with Crippen LogP contribution in [-0.2, 0) is 30.4 Å². The molecule has 0 amide bonds. The number of carbonyl (C=O) groups is 2. The van der Waals surface area contributed by atoms with Crippen LogP contribution in [0.3, 0.4) is 0 Å². The molecule has 46 heavy (non-hydrogen) atoms. The lowest BCUT2D eigenvalue weighted by atomic mass is 9.42. The molecule has 244 valence electrons. The van der Waals surface area contributed by atoms with E-state index in [1.807, 2.05) is 44.2 Å². The number of hydrogen-bond donors (Lipinski definition) is 1. The lowest BCUT2D eigenvalue weighted by molar-refractivity contribution is -0.276. The highest BCUT2D eigenvalue weighted by Crippen LogP contribution is 2.67. The van der Waals surface area contributed by atoms with Gasteiger partial charge in [0.1, 0.15) is 35.4 Å². The first kappa shape index (κ1) is 31.9. The Kier molecular flexibility index (Phi) is 8.31. The molecule has 10 nitrogen and oxygen atoms in total. The van der Waals surface area contributed by atoms with Gasteiger partial charge in [-0.05, 0) is 55.2 Å². The summed E-state index contributed by atoms with van der Waals surface area (Å²) in [7, 11) is 0. The highest BCUT2D eigenvalue weighted by Gasteiger charge is 2.70. The standard InChI is InChI=1S/C36H41NO9/c1-21(38)43-20-35(4)27-17-29(42-19-23-10-7-6-8-11-23)36(5)32(34(27,3)14-13-28(35)44-22(2)39)31(40)30-26(46-36)16-25(45-33(30)41)24-12-9-15-37-18-24/h6-12,15-16,18,27-29,31-32,40H,13-14,17,19-20H2,1-5H3/t27?,28-,29-,31-,32?,34-,35?,36+/m0/s1. The number of ether oxygens (including phenoxy) is 4. The van der Waals surface area contributed by atoms with E-state index < -0.39 is 58.2 Å². The number of fused-ring (bicyclic) bond motifs is 4. The van der Waals surface area contributed by atoms with Crippen LogP contribution in [0.15, 0.2) is 70.1 Å². The van der Waals surface area contributed by atoms with Crippen molar-refractivity contribution >= 4 is 11.9 Å². The molecule has 2 saturated carbocycles. The highest BCUT2D eigenvalue weighted by molar-refractivity contribution is 5.67. The van der Waals surface area contributed by atoms with E-state index in [-0.39, 0.29) is 36.2 Å². The van der Waals surface area contributed by atoms with Crippen molar-refractivity contribution in [3.05, 3.63) is 82.5 Å². The zero-order chi connectivity index (χ0) is 32.9. The third-order valence-corrected chi connectivity index (χ3v) is 10.7. The molecule has 1 aromatic carbocycles. The fourth-order valence-corrected chi connectivity index (χ4v) is 8.68. The van der Waals surface area contributed by atoms with Crippen LogP contribution in [0.1, 0.15) is 71.1 Å². The number of aliphatic hydroxyl groups excluding tert-OH is 1. The maximum Gasteiger partial charge on any atom is 0.345 e. The number of aromatic nitrogens is 1. The van der Waals surface area contributed by atoms with Gasteiger partial charge in [0.2, 0.25) is 0 Å². The van der Waals surface area contributed by atoms with Gasteiger partial charge in [-0.25, -0.2) is 4.79 Å². The minimum atomic E-state index is -1.26. The first-order chi connectivity index (χ1) is 21.9. The van der Waals surface area contributed by atoms with Crippen molar-refractivity contribution in [3.63, 3.8) is 0 Å². The summed E-state index contributed by atoms with van der Waals surface area (Å²) >= 11 is 0. The second-order valence-electron chi connectivity index (χ2n) is 13.6. The minimum absolute atomic E-state index is 0.0134. The molecule has 1 aliphatic heterocycles. The van der Waals surface area contributed by atoms with Gasteiger partial charge in [0.15, 0.2) is 0 Å². The van der Waals surface area contributed by atoms with Crippen molar-refractivity contribution in [1.82, 2.24) is 4.98 Å². The average Bonchev–Trinajstić information content (AvgIpc) is 3.01. The summed E-state index contributed by atoms with van der Waals surface area (Å²) < 4.78 is 30.8. The van der Waals surface area contributed by atoms with Crippen molar-refractivity contribution in [2.75, 3.05) is 6.61 Å². The first-order valence-corrected chi connectivity index (χ1v) is 15.8. The van der Waals surface area contributed by atoms with E-state index in [2.05, 4.69) is 11.9 Å². The Balaban J connectivity index is 1.48. The van der Waals surface area contributed by atoms with E-state index in [0.29, 0.717) is 24.8 Å². The molecule has 3 unspecified atom stereocenters. The normalized spacial score (nSPS) is 33.0. The number of nitrogens with zero attached hydrogens (tertiary/aromatic N) is 1. The van der Waals surface area contributed by atoms with E-state index >= 15 is 0 Å². The molecule has 0 radical (unpaired) electrons. The topological polar surface area (TPSA) is 134 Å². The number of aliphatic hydroxyl groups is 1. The van der Waals surface area contributed by atoms with Gasteiger partial charge in [0, 0.05) is 49.2 Å². The molecule has 2 fully saturated rings. The largest absolute Gasteiger partial charge is 0.484 e. The Labute approximate surface area is 268 Å². The molecule has 3 heterocycles. The van der Waals surface area contributed by atoms with Gasteiger partial charge in [-0.3, -0.25) is 14.6 Å². The van der Waals surface area contributed by atoms with E-state index in [9.17, 15) is 19.5 Å². The molecule has 0 saturated heterocycles. The molecule has 6 rings (SSSR count). The number of benzene rings is 1. The number of hydrogen-bond acceptors (Lipinski definition) is 10. The molecule has 10 heteroatoms. The Morgan fingerprint density at radius 1 is 1.04 bits per heavy atom. The van der Waals surface area contributed by atoms with Gasteiger partial charge in [0.25, 0.3) is 0 Å². The molecule has 2 aromatic heterocycles. The van der Waals surface area contributed by atoms with Crippen molar-refractivity contribution in [1.29, 1.82) is 0 Å². The second-order valence-corrected chi connectivity index (χ2v) is 13.6. The van der Waals surface area contributed by atoms with Crippen LogP contribution in [0.4, 0.5) is 0 Å². The van der Waals surface area contributed by atoms with Crippen LogP contribution in [0.25, 0.3) is 11.3 Å². The third kappa shape index (κ3) is 5.41. The van der Waals surface area contributed by atoms with Crippen molar-refractivity contribution in [2.24, 2.45) is 22.7 Å². The Morgan fingerprint density at radius 2 is 1.80 bits per heavy atom. The predicted octanol–water partition coefficient (Wildman–Crippen LogP) is 5.41. The summed E-state index contributed by atoms with van der Waals surface area (Å²) in [5.41, 5.74) is -1.62. The molecule has 1 N–H and O–H groups in total. The molecule has 3 aromatic rings. The van der Waals surface area contributed by atoms with Crippen LogP contribution in [0.5, 0.6) is 5.75 Å². The smallest absolute Gasteiger partial charge is 0.345 e. The molecule has 0 bridgehead atoms. The van der Waals surface area contributed by atoms with Gasteiger partial charge < -0.3 is 28.5 Å². The first-order valence-electron chi connectivity index (χ1n) is 15.8. The summed E-state index contributed by atoms with van der Waals surface area (Å²) in [5.74, 6) is -1.23. The summed E-state index contributed by atoms with van der Waals surface area (Å²) in [5, 5.41) is 12.3. The molecular weight excluding hydrogens is 590 g/mol. The van der Waals surface area contributed by atoms with Crippen LogP contribution < -0.4 is 10.4 Å². The maximum atomic E-state index is 13.6. The quantitative estimate of drug-likeness (QED) is 0.338. The van der Waals surface area contributed by atoms with E-state index in [0.717, 1.165) is 5.56 Å². The average molecular weight is 632 g/mol. The Morgan fingerprint density at radius 3 is 2.48 bits per heavy atom. The van der Waals surface area contributed by atoms with Gasteiger partial charge in [-0.1, -0.05) is 44.2 Å². The number of rotatable bonds is 7. The Hall–Kier alpha value is -4.02. The van der Waals surface area contributed by atoms with Gasteiger partial charge in [-0.2, -0.15) is 0 Å². The van der Waals surface area contributed by atoms with Crippen LogP contribution in [-0.4, -0.2) is 46.4 Å². The highest BCUT2D eigenvalue weighted by atomic mass is 16.6.